The minimum absolute atomic E-state index is 0.671. The fraction of sp³-hybridized carbons (Fsp3) is 0.400. The van der Waals surface area contributed by atoms with Gasteiger partial charge in [0.15, 0.2) is 0 Å². The van der Waals surface area contributed by atoms with E-state index in [1.807, 2.05) is 25.1 Å². The van der Waals surface area contributed by atoms with Gasteiger partial charge in [-0.1, -0.05) is 31.4 Å². The quantitative estimate of drug-likeness (QED) is 0.591. The Kier molecular flexibility index (Phi) is 5.98. The minimum Gasteiger partial charge on any atom is -0.493 e. The Bertz CT molecular complexity index is 422. The van der Waals surface area contributed by atoms with Crippen LogP contribution < -0.4 is 4.74 Å². The van der Waals surface area contributed by atoms with Crippen molar-refractivity contribution in [1.29, 1.82) is 0 Å². The van der Waals surface area contributed by atoms with Crippen LogP contribution in [0.15, 0.2) is 24.3 Å². The number of hydrogen-bond donors (Lipinski definition) is 1. The van der Waals surface area contributed by atoms with Gasteiger partial charge in [0.25, 0.3) is 0 Å². The van der Waals surface area contributed by atoms with Gasteiger partial charge in [0.05, 0.1) is 6.61 Å². The maximum atomic E-state index is 10.5. The Labute approximate surface area is 108 Å². The highest BCUT2D eigenvalue weighted by Crippen LogP contribution is 2.22. The highest BCUT2D eigenvalue weighted by atomic mass is 16.5. The summed E-state index contributed by atoms with van der Waals surface area (Å²) in [5.41, 5.74) is 1.90. The first-order valence-electron chi connectivity index (χ1n) is 6.28. The number of hydrogen-bond acceptors (Lipinski definition) is 2. The third-order valence-corrected chi connectivity index (χ3v) is 2.58. The van der Waals surface area contributed by atoms with Gasteiger partial charge in [-0.3, -0.25) is 0 Å². The maximum absolute atomic E-state index is 10.5. The van der Waals surface area contributed by atoms with Gasteiger partial charge in [0, 0.05) is 11.6 Å². The Hall–Kier alpha value is -1.77. The van der Waals surface area contributed by atoms with Gasteiger partial charge >= 0.3 is 5.97 Å². The molecule has 3 nitrogen and oxygen atoms in total. The molecule has 0 atom stereocenters. The van der Waals surface area contributed by atoms with Gasteiger partial charge in [-0.15, -0.1) is 0 Å². The van der Waals surface area contributed by atoms with Crippen LogP contribution in [0.2, 0.25) is 0 Å². The monoisotopic (exact) mass is 248 g/mol. The normalized spacial score (nSPS) is 10.8. The lowest BCUT2D eigenvalue weighted by Crippen LogP contribution is -1.99. The number of unbranched alkanes of at least 4 members (excludes halogenated alkanes) is 2. The molecule has 0 fully saturated rings. The number of ether oxygens (including phenoxy) is 1. The first kappa shape index (κ1) is 14.3. The molecule has 1 aromatic carbocycles. The Morgan fingerprint density at radius 1 is 1.39 bits per heavy atom. The molecule has 18 heavy (non-hydrogen) atoms. The van der Waals surface area contributed by atoms with Crippen molar-refractivity contribution in [3.8, 4) is 5.75 Å². The van der Waals surface area contributed by atoms with Crippen LogP contribution in [0.25, 0.3) is 6.08 Å². The first-order chi connectivity index (χ1) is 8.63. The number of rotatable bonds is 7. The molecule has 0 aromatic heterocycles. The van der Waals surface area contributed by atoms with Crippen LogP contribution >= 0.6 is 0 Å². The lowest BCUT2D eigenvalue weighted by atomic mass is 10.1. The van der Waals surface area contributed by atoms with Crippen molar-refractivity contribution < 1.29 is 14.6 Å². The topological polar surface area (TPSA) is 46.5 Å². The molecule has 0 amide bonds. The number of aliphatic carboxylic acids is 1. The van der Waals surface area contributed by atoms with Crippen LogP contribution in [0.5, 0.6) is 5.75 Å². The molecule has 98 valence electrons. The van der Waals surface area contributed by atoms with E-state index in [0.717, 1.165) is 42.2 Å². The van der Waals surface area contributed by atoms with E-state index >= 15 is 0 Å². The molecule has 0 unspecified atom stereocenters. The van der Waals surface area contributed by atoms with Gasteiger partial charge in [-0.25, -0.2) is 4.79 Å². The zero-order valence-electron chi connectivity index (χ0n) is 11.0. The second kappa shape index (κ2) is 7.54. The van der Waals surface area contributed by atoms with Crippen molar-refractivity contribution in [3.05, 3.63) is 35.4 Å². The molecular weight excluding hydrogens is 228 g/mol. The summed E-state index contributed by atoms with van der Waals surface area (Å²) >= 11 is 0. The number of carboxylic acids is 1. The predicted octanol–water partition coefficient (Wildman–Crippen LogP) is 3.66. The largest absolute Gasteiger partial charge is 0.493 e. The minimum atomic E-state index is -0.951. The molecule has 1 rings (SSSR count). The first-order valence-corrected chi connectivity index (χ1v) is 6.28. The Morgan fingerprint density at radius 2 is 2.17 bits per heavy atom. The van der Waals surface area contributed by atoms with Crippen molar-refractivity contribution in [2.45, 2.75) is 33.1 Å². The van der Waals surface area contributed by atoms with Gasteiger partial charge in [0.2, 0.25) is 0 Å². The van der Waals surface area contributed by atoms with E-state index in [2.05, 4.69) is 6.92 Å². The molecule has 0 aliphatic rings. The van der Waals surface area contributed by atoms with E-state index in [0.29, 0.717) is 6.61 Å². The van der Waals surface area contributed by atoms with Crippen molar-refractivity contribution in [2.75, 3.05) is 6.61 Å². The fourth-order valence-electron chi connectivity index (χ4n) is 1.62. The molecule has 0 heterocycles. The lowest BCUT2D eigenvalue weighted by Gasteiger charge is -2.09. The molecule has 3 heteroatoms. The van der Waals surface area contributed by atoms with Crippen LogP contribution in [0.4, 0.5) is 0 Å². The summed E-state index contributed by atoms with van der Waals surface area (Å²) in [5, 5.41) is 8.65. The van der Waals surface area contributed by atoms with Crippen LogP contribution in [0.3, 0.4) is 0 Å². The molecule has 0 spiro atoms. The SMILES string of the molecule is CCCCCOc1ccc(C)cc1C=CC(=O)O. The molecule has 0 aliphatic heterocycles. The summed E-state index contributed by atoms with van der Waals surface area (Å²) in [7, 11) is 0. The van der Waals surface area contributed by atoms with Crippen LogP contribution in [0, 0.1) is 6.92 Å². The summed E-state index contributed by atoms with van der Waals surface area (Å²) in [6, 6.07) is 5.78. The zero-order chi connectivity index (χ0) is 13.4. The standard InChI is InChI=1S/C15H20O3/c1-3-4-5-10-18-14-8-6-12(2)11-13(14)7-9-15(16)17/h6-9,11H,3-5,10H2,1-2H3,(H,16,17). The fourth-order valence-corrected chi connectivity index (χ4v) is 1.62. The second-order valence-electron chi connectivity index (χ2n) is 4.27. The Balaban J connectivity index is 2.73. The summed E-state index contributed by atoms with van der Waals surface area (Å²) in [4.78, 5) is 10.5. The van der Waals surface area contributed by atoms with E-state index in [4.69, 9.17) is 9.84 Å². The van der Waals surface area contributed by atoms with Crippen LogP contribution in [-0.2, 0) is 4.79 Å². The molecule has 1 aromatic rings. The van der Waals surface area contributed by atoms with Crippen molar-refractivity contribution in [2.24, 2.45) is 0 Å². The third-order valence-electron chi connectivity index (χ3n) is 2.58. The van der Waals surface area contributed by atoms with Gasteiger partial charge in [0.1, 0.15) is 5.75 Å². The third kappa shape index (κ3) is 5.04. The van der Waals surface area contributed by atoms with Crippen molar-refractivity contribution >= 4 is 12.0 Å². The summed E-state index contributed by atoms with van der Waals surface area (Å²) in [6.07, 6.45) is 6.03. The predicted molar refractivity (Wildman–Crippen MR) is 72.9 cm³/mol. The van der Waals surface area contributed by atoms with Crippen LogP contribution in [0.1, 0.15) is 37.3 Å². The van der Waals surface area contributed by atoms with Crippen molar-refractivity contribution in [1.82, 2.24) is 0 Å². The molecule has 0 aliphatic carbocycles. The molecule has 0 saturated heterocycles. The number of benzene rings is 1. The number of carboxylic acid groups (broad SMARTS) is 1. The highest BCUT2D eigenvalue weighted by molar-refractivity contribution is 5.85. The smallest absolute Gasteiger partial charge is 0.328 e. The highest BCUT2D eigenvalue weighted by Gasteiger charge is 2.02. The van der Waals surface area contributed by atoms with Gasteiger partial charge in [-0.2, -0.15) is 0 Å². The lowest BCUT2D eigenvalue weighted by molar-refractivity contribution is -0.131. The molecule has 1 N–H and O–H groups in total. The maximum Gasteiger partial charge on any atom is 0.328 e. The number of aryl methyl sites for hydroxylation is 1. The summed E-state index contributed by atoms with van der Waals surface area (Å²) in [6.45, 7) is 4.79. The van der Waals surface area contributed by atoms with Gasteiger partial charge < -0.3 is 9.84 Å². The van der Waals surface area contributed by atoms with Gasteiger partial charge in [-0.05, 0) is 31.6 Å². The number of carbonyl (C=O) groups is 1. The molecular formula is C15H20O3. The van der Waals surface area contributed by atoms with E-state index in [1.165, 1.54) is 0 Å². The average Bonchev–Trinajstić information content (AvgIpc) is 2.34. The summed E-state index contributed by atoms with van der Waals surface area (Å²) in [5.74, 6) is -0.206. The van der Waals surface area contributed by atoms with Crippen LogP contribution in [-0.4, -0.2) is 17.7 Å². The van der Waals surface area contributed by atoms with E-state index in [-0.39, 0.29) is 0 Å². The molecule has 0 radical (unpaired) electrons. The van der Waals surface area contributed by atoms with E-state index in [9.17, 15) is 4.79 Å². The van der Waals surface area contributed by atoms with Crippen molar-refractivity contribution in [3.63, 3.8) is 0 Å². The molecule has 0 bridgehead atoms. The zero-order valence-corrected chi connectivity index (χ0v) is 11.0. The molecule has 0 saturated carbocycles. The summed E-state index contributed by atoms with van der Waals surface area (Å²) < 4.78 is 5.68. The Morgan fingerprint density at radius 3 is 2.83 bits per heavy atom. The van der Waals surface area contributed by atoms with E-state index < -0.39 is 5.97 Å². The average molecular weight is 248 g/mol. The second-order valence-corrected chi connectivity index (χ2v) is 4.27. The van der Waals surface area contributed by atoms with E-state index in [1.54, 1.807) is 6.08 Å².